The third-order valence-corrected chi connectivity index (χ3v) is 4.75. The molecule has 0 saturated carbocycles. The summed E-state index contributed by atoms with van der Waals surface area (Å²) in [5, 5.41) is 3.83. The Kier molecular flexibility index (Phi) is 4.46. The molecule has 0 bridgehead atoms. The summed E-state index contributed by atoms with van der Waals surface area (Å²) in [4.78, 5) is 24.6. The number of aromatic nitrogens is 4. The summed E-state index contributed by atoms with van der Waals surface area (Å²) < 4.78 is 2.01. The molecule has 4 aromatic rings. The van der Waals surface area contributed by atoms with Crippen molar-refractivity contribution in [3.63, 3.8) is 0 Å². The highest BCUT2D eigenvalue weighted by atomic mass is 16.1. The normalized spacial score (nSPS) is 11.0. The summed E-state index contributed by atoms with van der Waals surface area (Å²) in [5.74, 6) is -0.166. The number of hydrogen-bond acceptors (Lipinski definition) is 3. The first kappa shape index (κ1) is 17.0. The van der Waals surface area contributed by atoms with Crippen LogP contribution >= 0.6 is 0 Å². The molecule has 6 nitrogen and oxygen atoms in total. The van der Waals surface area contributed by atoms with Crippen LogP contribution < -0.4 is 5.32 Å². The lowest BCUT2D eigenvalue weighted by molar-refractivity contribution is 0.0951. The van der Waals surface area contributed by atoms with Gasteiger partial charge < -0.3 is 14.9 Å². The molecule has 0 saturated heterocycles. The Morgan fingerprint density at radius 1 is 1.26 bits per heavy atom. The van der Waals surface area contributed by atoms with Gasteiger partial charge in [0.2, 0.25) is 0 Å². The van der Waals surface area contributed by atoms with E-state index in [0.29, 0.717) is 18.7 Å². The Balaban J connectivity index is 1.68. The zero-order valence-electron chi connectivity index (χ0n) is 15.4. The SMILES string of the molecule is Cc1ccccc1-c1cc2c(ccn2C)c(C(=O)NCCc2cnc[nH]2)n1. The minimum Gasteiger partial charge on any atom is -0.350 e. The smallest absolute Gasteiger partial charge is 0.270 e. The van der Waals surface area contributed by atoms with Gasteiger partial charge in [0, 0.05) is 49.1 Å². The van der Waals surface area contributed by atoms with E-state index in [1.54, 1.807) is 12.5 Å². The lowest BCUT2D eigenvalue weighted by atomic mass is 10.0. The number of aryl methyl sites for hydroxylation is 2. The second kappa shape index (κ2) is 7.07. The van der Waals surface area contributed by atoms with Crippen LogP contribution in [0.4, 0.5) is 0 Å². The lowest BCUT2D eigenvalue weighted by Gasteiger charge is -2.10. The van der Waals surface area contributed by atoms with Crippen LogP contribution in [-0.2, 0) is 13.5 Å². The van der Waals surface area contributed by atoms with Gasteiger partial charge in [0.15, 0.2) is 0 Å². The molecule has 0 unspecified atom stereocenters. The molecule has 0 aliphatic rings. The van der Waals surface area contributed by atoms with Crippen molar-refractivity contribution in [2.45, 2.75) is 13.3 Å². The number of aromatic amines is 1. The van der Waals surface area contributed by atoms with Crippen molar-refractivity contribution in [1.82, 2.24) is 24.8 Å². The predicted octanol–water partition coefficient (Wildman–Crippen LogP) is 3.24. The third-order valence-electron chi connectivity index (χ3n) is 4.75. The van der Waals surface area contributed by atoms with E-state index in [1.165, 1.54) is 0 Å². The van der Waals surface area contributed by atoms with E-state index >= 15 is 0 Å². The van der Waals surface area contributed by atoms with Crippen molar-refractivity contribution in [3.8, 4) is 11.3 Å². The molecular weight excluding hydrogens is 338 g/mol. The number of amides is 1. The zero-order chi connectivity index (χ0) is 18.8. The minimum atomic E-state index is -0.166. The quantitative estimate of drug-likeness (QED) is 0.574. The molecule has 1 aromatic carbocycles. The standard InChI is InChI=1S/C21H21N5O/c1-14-5-3-4-6-16(14)18-11-19-17(8-10-26(19)2)20(25-18)21(27)23-9-7-15-12-22-13-24-15/h3-6,8,10-13H,7,9H2,1-2H3,(H,22,24)(H,23,27). The van der Waals surface area contributed by atoms with Gasteiger partial charge in [-0.3, -0.25) is 4.79 Å². The number of fused-ring (bicyclic) bond motifs is 1. The average molecular weight is 359 g/mol. The van der Waals surface area contributed by atoms with Crippen LogP contribution in [0.2, 0.25) is 0 Å². The van der Waals surface area contributed by atoms with Gasteiger partial charge in [-0.25, -0.2) is 9.97 Å². The molecule has 27 heavy (non-hydrogen) atoms. The number of nitrogens with one attached hydrogen (secondary N) is 2. The lowest BCUT2D eigenvalue weighted by Crippen LogP contribution is -2.27. The summed E-state index contributed by atoms with van der Waals surface area (Å²) in [5.41, 5.74) is 5.40. The van der Waals surface area contributed by atoms with Crippen LogP contribution in [0.5, 0.6) is 0 Å². The van der Waals surface area contributed by atoms with Crippen LogP contribution in [0, 0.1) is 6.92 Å². The molecule has 3 heterocycles. The molecule has 0 aliphatic carbocycles. The molecule has 3 aromatic heterocycles. The number of carbonyl (C=O) groups is 1. The Labute approximate surface area is 157 Å². The van der Waals surface area contributed by atoms with Crippen molar-refractivity contribution in [2.24, 2.45) is 7.05 Å². The first-order valence-corrected chi connectivity index (χ1v) is 8.91. The first-order valence-electron chi connectivity index (χ1n) is 8.91. The predicted molar refractivity (Wildman–Crippen MR) is 106 cm³/mol. The monoisotopic (exact) mass is 359 g/mol. The second-order valence-corrected chi connectivity index (χ2v) is 6.61. The van der Waals surface area contributed by atoms with Gasteiger partial charge in [0.05, 0.1) is 17.5 Å². The number of benzene rings is 1. The van der Waals surface area contributed by atoms with Gasteiger partial charge in [-0.1, -0.05) is 24.3 Å². The average Bonchev–Trinajstić information content (AvgIpc) is 3.32. The summed E-state index contributed by atoms with van der Waals surface area (Å²) in [6.45, 7) is 2.57. The number of nitrogens with zero attached hydrogens (tertiary/aromatic N) is 3. The molecule has 4 rings (SSSR count). The van der Waals surface area contributed by atoms with Crippen molar-refractivity contribution in [1.29, 1.82) is 0 Å². The van der Waals surface area contributed by atoms with E-state index in [-0.39, 0.29) is 5.91 Å². The van der Waals surface area contributed by atoms with E-state index in [1.807, 2.05) is 48.1 Å². The molecule has 6 heteroatoms. The van der Waals surface area contributed by atoms with Crippen LogP contribution in [0.1, 0.15) is 21.7 Å². The van der Waals surface area contributed by atoms with Crippen LogP contribution in [-0.4, -0.2) is 32.0 Å². The van der Waals surface area contributed by atoms with Crippen LogP contribution in [0.3, 0.4) is 0 Å². The minimum absolute atomic E-state index is 0.166. The number of pyridine rings is 1. The molecule has 0 spiro atoms. The summed E-state index contributed by atoms with van der Waals surface area (Å²) >= 11 is 0. The number of imidazole rings is 1. The molecule has 0 radical (unpaired) electrons. The molecule has 2 N–H and O–H groups in total. The number of hydrogen-bond donors (Lipinski definition) is 2. The number of H-pyrrole nitrogens is 1. The summed E-state index contributed by atoms with van der Waals surface area (Å²) in [7, 11) is 1.98. The summed E-state index contributed by atoms with van der Waals surface area (Å²) in [6, 6.07) is 12.1. The van der Waals surface area contributed by atoms with Gasteiger partial charge in [-0.2, -0.15) is 0 Å². The Bertz CT molecular complexity index is 1100. The highest BCUT2D eigenvalue weighted by molar-refractivity contribution is 6.05. The van der Waals surface area contributed by atoms with Crippen molar-refractivity contribution >= 4 is 16.8 Å². The van der Waals surface area contributed by atoms with Gasteiger partial charge in [0.25, 0.3) is 5.91 Å². The van der Waals surface area contributed by atoms with E-state index in [4.69, 9.17) is 4.98 Å². The molecule has 136 valence electrons. The topological polar surface area (TPSA) is 75.6 Å². The Hall–Kier alpha value is -3.41. The maximum Gasteiger partial charge on any atom is 0.270 e. The van der Waals surface area contributed by atoms with Crippen molar-refractivity contribution < 1.29 is 4.79 Å². The first-order chi connectivity index (χ1) is 13.1. The van der Waals surface area contributed by atoms with E-state index in [0.717, 1.165) is 33.4 Å². The van der Waals surface area contributed by atoms with E-state index in [2.05, 4.69) is 28.3 Å². The van der Waals surface area contributed by atoms with Gasteiger partial charge in [0.1, 0.15) is 5.69 Å². The molecule has 1 amide bonds. The highest BCUT2D eigenvalue weighted by Crippen LogP contribution is 2.27. The number of rotatable bonds is 5. The highest BCUT2D eigenvalue weighted by Gasteiger charge is 2.17. The van der Waals surface area contributed by atoms with E-state index < -0.39 is 0 Å². The summed E-state index contributed by atoms with van der Waals surface area (Å²) in [6.07, 6.45) is 6.05. The van der Waals surface area contributed by atoms with Crippen molar-refractivity contribution in [3.05, 3.63) is 72.1 Å². The van der Waals surface area contributed by atoms with Crippen molar-refractivity contribution in [2.75, 3.05) is 6.54 Å². The fourth-order valence-electron chi connectivity index (χ4n) is 3.25. The van der Waals surface area contributed by atoms with Crippen LogP contribution in [0.15, 0.2) is 55.1 Å². The van der Waals surface area contributed by atoms with Gasteiger partial charge in [-0.15, -0.1) is 0 Å². The third kappa shape index (κ3) is 3.33. The molecule has 0 fully saturated rings. The molecule has 0 atom stereocenters. The Morgan fingerprint density at radius 2 is 2.11 bits per heavy atom. The largest absolute Gasteiger partial charge is 0.350 e. The number of carbonyl (C=O) groups excluding carboxylic acids is 1. The second-order valence-electron chi connectivity index (χ2n) is 6.61. The maximum absolute atomic E-state index is 12.9. The molecular formula is C21H21N5O. The van der Waals surface area contributed by atoms with Crippen LogP contribution in [0.25, 0.3) is 22.2 Å². The Morgan fingerprint density at radius 3 is 2.89 bits per heavy atom. The van der Waals surface area contributed by atoms with Gasteiger partial charge in [-0.05, 0) is 24.6 Å². The van der Waals surface area contributed by atoms with Gasteiger partial charge >= 0.3 is 0 Å². The molecule has 0 aliphatic heterocycles. The van der Waals surface area contributed by atoms with E-state index in [9.17, 15) is 4.79 Å². The maximum atomic E-state index is 12.9. The fourth-order valence-corrected chi connectivity index (χ4v) is 3.25. The zero-order valence-corrected chi connectivity index (χ0v) is 15.4. The fraction of sp³-hybridized carbons (Fsp3) is 0.190.